The summed E-state index contributed by atoms with van der Waals surface area (Å²) in [5, 5.41) is 2.89. The molecule has 0 saturated heterocycles. The molecule has 0 aromatic heterocycles. The molecule has 0 fully saturated rings. The van der Waals surface area contributed by atoms with Gasteiger partial charge in [-0.25, -0.2) is 12.8 Å². The van der Waals surface area contributed by atoms with Crippen molar-refractivity contribution in [1.29, 1.82) is 0 Å². The van der Waals surface area contributed by atoms with Gasteiger partial charge in [0.2, 0.25) is 11.8 Å². The van der Waals surface area contributed by atoms with Crippen LogP contribution in [0.4, 0.5) is 10.1 Å². The van der Waals surface area contributed by atoms with Gasteiger partial charge >= 0.3 is 0 Å². The van der Waals surface area contributed by atoms with E-state index < -0.39 is 39.9 Å². The Bertz CT molecular complexity index is 1310. The smallest absolute Gasteiger partial charge is 0.264 e. The van der Waals surface area contributed by atoms with Crippen molar-refractivity contribution >= 4 is 27.5 Å². The number of rotatable bonds is 9. The molecule has 37 heavy (non-hydrogen) atoms. The fraction of sp³-hybridized carbons (Fsp3) is 0.286. The number of benzene rings is 3. The molecule has 0 radical (unpaired) electrons. The zero-order valence-electron chi connectivity index (χ0n) is 21.4. The summed E-state index contributed by atoms with van der Waals surface area (Å²) in [5.74, 6) is -1.49. The second-order valence-electron chi connectivity index (χ2n) is 9.72. The number of sulfonamides is 1. The van der Waals surface area contributed by atoms with E-state index in [0.717, 1.165) is 34.1 Å². The summed E-state index contributed by atoms with van der Waals surface area (Å²) in [6.07, 6.45) is 0. The standard InChI is InChI=1S/C28H32FN3O4S/c1-21(27(34)30-28(2,3)4)31(19-22-11-7-5-8-12-22)26(33)20-32(24-13-9-6-10-14-24)37(35,36)25-17-15-23(29)16-18-25/h5-18,21H,19-20H2,1-4H3,(H,30,34)/t21-/m0/s1. The molecule has 1 N–H and O–H groups in total. The van der Waals surface area contributed by atoms with Gasteiger partial charge in [0.1, 0.15) is 18.4 Å². The Hall–Kier alpha value is -3.72. The number of carbonyl (C=O) groups excluding carboxylic acids is 2. The average Bonchev–Trinajstić information content (AvgIpc) is 2.85. The van der Waals surface area contributed by atoms with Crippen LogP contribution in [0.15, 0.2) is 89.8 Å². The number of para-hydroxylation sites is 1. The second kappa shape index (κ2) is 11.6. The van der Waals surface area contributed by atoms with Crippen molar-refractivity contribution in [3.05, 3.63) is 96.3 Å². The monoisotopic (exact) mass is 525 g/mol. The Morgan fingerprint density at radius 1 is 0.892 bits per heavy atom. The number of carbonyl (C=O) groups is 2. The van der Waals surface area contributed by atoms with Crippen LogP contribution in [-0.2, 0) is 26.2 Å². The summed E-state index contributed by atoms with van der Waals surface area (Å²) in [6.45, 7) is 6.69. The Morgan fingerprint density at radius 2 is 1.43 bits per heavy atom. The zero-order valence-corrected chi connectivity index (χ0v) is 22.2. The van der Waals surface area contributed by atoms with Crippen LogP contribution in [-0.4, -0.2) is 43.3 Å². The first-order valence-corrected chi connectivity index (χ1v) is 13.3. The summed E-state index contributed by atoms with van der Waals surface area (Å²) in [5.41, 5.74) is 0.542. The largest absolute Gasteiger partial charge is 0.350 e. The SMILES string of the molecule is C[C@@H](C(=O)NC(C)(C)C)N(Cc1ccccc1)C(=O)CN(c1ccccc1)S(=O)(=O)c1ccc(F)cc1. The second-order valence-corrected chi connectivity index (χ2v) is 11.6. The lowest BCUT2D eigenvalue weighted by Crippen LogP contribution is -2.54. The summed E-state index contributed by atoms with van der Waals surface area (Å²) in [4.78, 5) is 28.0. The van der Waals surface area contributed by atoms with E-state index in [0.29, 0.717) is 0 Å². The lowest BCUT2D eigenvalue weighted by molar-refractivity contribution is -0.140. The van der Waals surface area contributed by atoms with Gasteiger partial charge in [0.05, 0.1) is 10.6 Å². The maximum absolute atomic E-state index is 13.8. The summed E-state index contributed by atoms with van der Waals surface area (Å²) >= 11 is 0. The van der Waals surface area contributed by atoms with Crippen molar-refractivity contribution in [2.75, 3.05) is 10.8 Å². The van der Waals surface area contributed by atoms with E-state index in [9.17, 15) is 22.4 Å². The molecule has 0 aliphatic heterocycles. The van der Waals surface area contributed by atoms with Gasteiger partial charge in [-0.2, -0.15) is 0 Å². The molecule has 0 unspecified atom stereocenters. The maximum atomic E-state index is 13.8. The van der Waals surface area contributed by atoms with Gasteiger partial charge in [0, 0.05) is 12.1 Å². The van der Waals surface area contributed by atoms with Crippen LogP contribution < -0.4 is 9.62 Å². The number of hydrogen-bond acceptors (Lipinski definition) is 4. The van der Waals surface area contributed by atoms with Gasteiger partial charge in [-0.15, -0.1) is 0 Å². The topological polar surface area (TPSA) is 86.8 Å². The van der Waals surface area contributed by atoms with E-state index in [1.165, 1.54) is 4.90 Å². The van der Waals surface area contributed by atoms with E-state index in [1.807, 2.05) is 51.1 Å². The Labute approximate surface area is 218 Å². The van der Waals surface area contributed by atoms with Crippen LogP contribution in [0, 0.1) is 5.82 Å². The highest BCUT2D eigenvalue weighted by Crippen LogP contribution is 2.24. The summed E-state index contributed by atoms with van der Waals surface area (Å²) < 4.78 is 41.7. The van der Waals surface area contributed by atoms with Gasteiger partial charge in [0.25, 0.3) is 10.0 Å². The number of nitrogens with one attached hydrogen (secondary N) is 1. The zero-order chi connectivity index (χ0) is 27.2. The van der Waals surface area contributed by atoms with Crippen molar-refractivity contribution in [2.45, 2.75) is 50.7 Å². The van der Waals surface area contributed by atoms with E-state index in [-0.39, 0.29) is 23.0 Å². The molecular weight excluding hydrogens is 493 g/mol. The first-order valence-electron chi connectivity index (χ1n) is 11.9. The summed E-state index contributed by atoms with van der Waals surface area (Å²) in [6, 6.07) is 20.9. The molecule has 3 rings (SSSR count). The molecule has 0 heterocycles. The van der Waals surface area contributed by atoms with Crippen LogP contribution >= 0.6 is 0 Å². The Morgan fingerprint density at radius 3 is 1.97 bits per heavy atom. The molecule has 2 amide bonds. The Balaban J connectivity index is 1.99. The molecule has 0 saturated carbocycles. The van der Waals surface area contributed by atoms with Gasteiger partial charge in [0.15, 0.2) is 0 Å². The van der Waals surface area contributed by atoms with Gasteiger partial charge in [-0.05, 0) is 69.7 Å². The molecule has 0 aliphatic rings. The number of nitrogens with zero attached hydrogens (tertiary/aromatic N) is 2. The van der Waals surface area contributed by atoms with Crippen molar-refractivity contribution in [2.24, 2.45) is 0 Å². The van der Waals surface area contributed by atoms with E-state index in [2.05, 4.69) is 5.32 Å². The normalized spacial score (nSPS) is 12.5. The number of halogens is 1. The highest BCUT2D eigenvalue weighted by Gasteiger charge is 2.33. The molecule has 0 aliphatic carbocycles. The minimum Gasteiger partial charge on any atom is -0.350 e. The molecule has 0 spiro atoms. The first-order chi connectivity index (χ1) is 17.4. The molecule has 1 atom stereocenters. The Kier molecular flexibility index (Phi) is 8.70. The van der Waals surface area contributed by atoms with Crippen LogP contribution in [0.3, 0.4) is 0 Å². The number of hydrogen-bond donors (Lipinski definition) is 1. The molecule has 0 bridgehead atoms. The van der Waals surface area contributed by atoms with Crippen molar-refractivity contribution in [3.8, 4) is 0 Å². The highest BCUT2D eigenvalue weighted by atomic mass is 32.2. The molecule has 196 valence electrons. The highest BCUT2D eigenvalue weighted by molar-refractivity contribution is 7.92. The third-order valence-corrected chi connectivity index (χ3v) is 7.37. The fourth-order valence-corrected chi connectivity index (χ4v) is 5.11. The third kappa shape index (κ3) is 7.39. The minimum absolute atomic E-state index is 0.109. The lowest BCUT2D eigenvalue weighted by atomic mass is 10.1. The van der Waals surface area contributed by atoms with Crippen LogP contribution in [0.5, 0.6) is 0 Å². The molecule has 7 nitrogen and oxygen atoms in total. The molecule has 9 heteroatoms. The van der Waals surface area contributed by atoms with Crippen molar-refractivity contribution in [1.82, 2.24) is 10.2 Å². The third-order valence-electron chi connectivity index (χ3n) is 5.59. The average molecular weight is 526 g/mol. The van der Waals surface area contributed by atoms with E-state index >= 15 is 0 Å². The van der Waals surface area contributed by atoms with Gasteiger partial charge in [-0.3, -0.25) is 13.9 Å². The van der Waals surface area contributed by atoms with Crippen molar-refractivity contribution < 1.29 is 22.4 Å². The predicted molar refractivity (Wildman–Crippen MR) is 142 cm³/mol. The minimum atomic E-state index is -4.23. The maximum Gasteiger partial charge on any atom is 0.264 e. The molecule has 3 aromatic rings. The predicted octanol–water partition coefficient (Wildman–Crippen LogP) is 4.35. The number of amides is 2. The molecule has 3 aromatic carbocycles. The summed E-state index contributed by atoms with van der Waals surface area (Å²) in [7, 11) is -4.23. The quantitative estimate of drug-likeness (QED) is 0.450. The fourth-order valence-electron chi connectivity index (χ4n) is 3.69. The van der Waals surface area contributed by atoms with Crippen molar-refractivity contribution in [3.63, 3.8) is 0 Å². The molecular formula is C28H32FN3O4S. The van der Waals surface area contributed by atoms with Gasteiger partial charge in [-0.1, -0.05) is 48.5 Å². The number of anilines is 1. The van der Waals surface area contributed by atoms with E-state index in [4.69, 9.17) is 0 Å². The van der Waals surface area contributed by atoms with Gasteiger partial charge < -0.3 is 10.2 Å². The lowest BCUT2D eigenvalue weighted by Gasteiger charge is -2.33. The van der Waals surface area contributed by atoms with Crippen LogP contribution in [0.2, 0.25) is 0 Å². The first kappa shape index (κ1) is 27.9. The van der Waals surface area contributed by atoms with Crippen LogP contribution in [0.25, 0.3) is 0 Å². The van der Waals surface area contributed by atoms with Crippen LogP contribution in [0.1, 0.15) is 33.3 Å². The van der Waals surface area contributed by atoms with E-state index in [1.54, 1.807) is 37.3 Å².